The molecule has 0 aliphatic carbocycles. The molecule has 39 heavy (non-hydrogen) atoms. The van der Waals surface area contributed by atoms with Gasteiger partial charge in [0.2, 0.25) is 35.4 Å². The summed E-state index contributed by atoms with van der Waals surface area (Å²) >= 11 is 16.2. The molecule has 15 heteroatoms. The Morgan fingerprint density at radius 2 is 0.692 bits per heavy atom. The Hall–Kier alpha value is -3.09. The summed E-state index contributed by atoms with van der Waals surface area (Å²) in [6, 6.07) is 5.41. The van der Waals surface area contributed by atoms with Crippen molar-refractivity contribution in [3.8, 4) is 0 Å². The zero-order valence-corrected chi connectivity index (χ0v) is 23.6. The molecule has 0 aromatic heterocycles. The van der Waals surface area contributed by atoms with E-state index in [0.717, 1.165) is 16.7 Å². The Morgan fingerprint density at radius 3 is 0.923 bits per heavy atom. The number of hydrogen-bond acceptors (Lipinski definition) is 6. The van der Waals surface area contributed by atoms with Gasteiger partial charge in [-0.15, -0.1) is 34.8 Å². The Labute approximate surface area is 241 Å². The molecule has 1 aromatic carbocycles. The number of halogens is 3. The summed E-state index contributed by atoms with van der Waals surface area (Å²) in [5.74, 6) is -2.50. The average Bonchev–Trinajstić information content (AvgIpc) is 2.93. The average molecular weight is 608 g/mol. The second-order valence-corrected chi connectivity index (χ2v) is 8.99. The van der Waals surface area contributed by atoms with Crippen LogP contribution >= 0.6 is 34.8 Å². The van der Waals surface area contributed by atoms with Crippen LogP contribution in [0.3, 0.4) is 0 Å². The summed E-state index contributed by atoms with van der Waals surface area (Å²) in [6.45, 7) is 0.992. The maximum absolute atomic E-state index is 12.1. The van der Waals surface area contributed by atoms with Crippen LogP contribution in [0.15, 0.2) is 18.2 Å². The van der Waals surface area contributed by atoms with E-state index in [1.54, 1.807) is 18.2 Å². The molecule has 0 bridgehead atoms. The first-order valence-corrected chi connectivity index (χ1v) is 13.7. The quantitative estimate of drug-likeness (QED) is 0.126. The van der Waals surface area contributed by atoms with E-state index < -0.39 is 0 Å². The van der Waals surface area contributed by atoms with Crippen molar-refractivity contribution in [2.24, 2.45) is 0 Å². The number of benzene rings is 1. The smallest absolute Gasteiger partial charge is 0.234 e. The highest BCUT2D eigenvalue weighted by molar-refractivity contribution is 6.27. The molecule has 216 valence electrons. The molecule has 0 spiro atoms. The minimum absolute atomic E-state index is 0.0712. The largest absolute Gasteiger partial charge is 0.355 e. The lowest BCUT2D eigenvalue weighted by Crippen LogP contribution is -2.32. The lowest BCUT2D eigenvalue weighted by molar-refractivity contribution is -0.123. The van der Waals surface area contributed by atoms with E-state index in [4.69, 9.17) is 34.8 Å². The molecule has 0 heterocycles. The minimum Gasteiger partial charge on any atom is -0.355 e. The summed E-state index contributed by atoms with van der Waals surface area (Å²) in [5.41, 5.74) is 2.19. The number of hydrogen-bond donors (Lipinski definition) is 6. The van der Waals surface area contributed by atoms with Gasteiger partial charge >= 0.3 is 0 Å². The van der Waals surface area contributed by atoms with E-state index in [0.29, 0.717) is 0 Å². The summed E-state index contributed by atoms with van der Waals surface area (Å²) < 4.78 is 0. The van der Waals surface area contributed by atoms with E-state index in [1.807, 2.05) is 0 Å². The SMILES string of the molecule is O=C(CCl)NCCC(=O)NCc1cc(CNC(=O)CCNC(=O)CCl)cc(CNC(=O)CCNC(=O)CCl)c1. The van der Waals surface area contributed by atoms with Gasteiger partial charge in [-0.1, -0.05) is 18.2 Å². The molecule has 0 atom stereocenters. The van der Waals surface area contributed by atoms with Crippen molar-refractivity contribution >= 4 is 70.2 Å². The molecule has 0 saturated carbocycles. The zero-order valence-electron chi connectivity index (χ0n) is 21.3. The van der Waals surface area contributed by atoms with E-state index in [2.05, 4.69) is 31.9 Å². The van der Waals surface area contributed by atoms with Gasteiger partial charge in [0.05, 0.1) is 0 Å². The van der Waals surface area contributed by atoms with Gasteiger partial charge < -0.3 is 31.9 Å². The summed E-state index contributed by atoms with van der Waals surface area (Å²) in [6.07, 6.45) is 0.214. The third-order valence-corrected chi connectivity index (χ3v) is 5.70. The highest BCUT2D eigenvalue weighted by Gasteiger charge is 2.09. The maximum Gasteiger partial charge on any atom is 0.234 e. The Balaban J connectivity index is 2.74. The number of amides is 6. The normalized spacial score (nSPS) is 10.2. The van der Waals surface area contributed by atoms with Crippen molar-refractivity contribution in [3.63, 3.8) is 0 Å². The summed E-state index contributed by atoms with van der Waals surface area (Å²) in [4.78, 5) is 70.0. The van der Waals surface area contributed by atoms with Crippen molar-refractivity contribution in [1.29, 1.82) is 0 Å². The molecular formula is C24H33Cl3N6O6. The first kappa shape index (κ1) is 33.9. The standard InChI is InChI=1S/C24H33Cl3N6O6/c25-10-22(37)28-4-1-19(34)31-13-16-7-17(14-32-20(35)2-5-29-23(38)11-26)9-18(8-16)15-33-21(36)3-6-30-24(39)12-27/h7-9H,1-6,10-15H2,(H,28,37)(H,29,38)(H,30,39)(H,31,34)(H,32,35)(H,33,36). The number of nitrogens with one attached hydrogen (secondary N) is 6. The van der Waals surface area contributed by atoms with Gasteiger partial charge in [0.25, 0.3) is 0 Å². The molecule has 0 unspecified atom stereocenters. The van der Waals surface area contributed by atoms with Crippen molar-refractivity contribution < 1.29 is 28.8 Å². The van der Waals surface area contributed by atoms with Gasteiger partial charge in [0.15, 0.2) is 0 Å². The van der Waals surface area contributed by atoms with E-state index in [9.17, 15) is 28.8 Å². The van der Waals surface area contributed by atoms with Crippen LogP contribution in [0, 0.1) is 0 Å². The van der Waals surface area contributed by atoms with Gasteiger partial charge in [-0.05, 0) is 16.7 Å². The second kappa shape index (κ2) is 19.9. The van der Waals surface area contributed by atoms with E-state index >= 15 is 0 Å². The van der Waals surface area contributed by atoms with Crippen molar-refractivity contribution in [1.82, 2.24) is 31.9 Å². The highest BCUT2D eigenvalue weighted by atomic mass is 35.5. The third kappa shape index (κ3) is 16.5. The monoisotopic (exact) mass is 606 g/mol. The highest BCUT2D eigenvalue weighted by Crippen LogP contribution is 2.11. The molecular weight excluding hydrogens is 575 g/mol. The van der Waals surface area contributed by atoms with E-state index in [1.165, 1.54) is 0 Å². The lowest BCUT2D eigenvalue weighted by Gasteiger charge is -2.13. The van der Waals surface area contributed by atoms with Crippen LogP contribution in [0.1, 0.15) is 36.0 Å². The van der Waals surface area contributed by atoms with Crippen LogP contribution in [0.25, 0.3) is 0 Å². The predicted molar refractivity (Wildman–Crippen MR) is 147 cm³/mol. The van der Waals surface area contributed by atoms with Crippen LogP contribution in [-0.4, -0.2) is 72.7 Å². The summed E-state index contributed by atoms with van der Waals surface area (Å²) in [7, 11) is 0. The Morgan fingerprint density at radius 1 is 0.436 bits per heavy atom. The number of rotatable bonds is 18. The molecule has 1 rings (SSSR count). The molecule has 0 fully saturated rings. The molecule has 0 saturated heterocycles. The second-order valence-electron chi connectivity index (χ2n) is 8.19. The Kier molecular flexibility index (Phi) is 17.3. The van der Waals surface area contributed by atoms with Crippen molar-refractivity contribution in [2.45, 2.75) is 38.9 Å². The molecule has 1 aromatic rings. The van der Waals surface area contributed by atoms with Gasteiger partial charge in [-0.25, -0.2) is 0 Å². The third-order valence-electron chi connectivity index (χ3n) is 4.97. The van der Waals surface area contributed by atoms with Crippen LogP contribution in [0.5, 0.6) is 0 Å². The van der Waals surface area contributed by atoms with Crippen LogP contribution in [0.2, 0.25) is 0 Å². The predicted octanol–water partition coefficient (Wildman–Crippen LogP) is -0.229. The van der Waals surface area contributed by atoms with Gasteiger partial charge in [0, 0.05) is 58.5 Å². The first-order valence-electron chi connectivity index (χ1n) is 12.1. The van der Waals surface area contributed by atoms with Crippen LogP contribution in [-0.2, 0) is 48.4 Å². The summed E-state index contributed by atoms with van der Waals surface area (Å²) in [5, 5.41) is 15.8. The molecule has 6 N–H and O–H groups in total. The van der Waals surface area contributed by atoms with Gasteiger partial charge in [0.1, 0.15) is 17.6 Å². The Bertz CT molecular complexity index is 875. The van der Waals surface area contributed by atoms with Gasteiger partial charge in [-0.2, -0.15) is 0 Å². The maximum atomic E-state index is 12.1. The fraction of sp³-hybridized carbons (Fsp3) is 0.500. The molecule has 12 nitrogen and oxygen atoms in total. The number of carbonyl (C=O) groups excluding carboxylic acids is 6. The molecule has 0 aliphatic heterocycles. The van der Waals surface area contributed by atoms with Crippen molar-refractivity contribution in [2.75, 3.05) is 37.3 Å². The number of carbonyl (C=O) groups is 6. The van der Waals surface area contributed by atoms with Crippen LogP contribution in [0.4, 0.5) is 0 Å². The van der Waals surface area contributed by atoms with Crippen LogP contribution < -0.4 is 31.9 Å². The molecule has 0 radical (unpaired) electrons. The lowest BCUT2D eigenvalue weighted by atomic mass is 10.0. The van der Waals surface area contributed by atoms with Gasteiger partial charge in [-0.3, -0.25) is 28.8 Å². The topological polar surface area (TPSA) is 175 Å². The zero-order chi connectivity index (χ0) is 29.0. The molecule has 0 aliphatic rings. The molecule has 6 amide bonds. The minimum atomic E-state index is -0.367. The first-order chi connectivity index (χ1) is 18.7. The van der Waals surface area contributed by atoms with Crippen molar-refractivity contribution in [3.05, 3.63) is 34.9 Å². The fourth-order valence-corrected chi connectivity index (χ4v) is 3.38. The number of alkyl halides is 3. The van der Waals surface area contributed by atoms with E-state index in [-0.39, 0.29) is 112 Å². The fourth-order valence-electron chi connectivity index (χ4n) is 3.10.